The van der Waals surface area contributed by atoms with Crippen LogP contribution in [0.2, 0.25) is 0 Å². The van der Waals surface area contributed by atoms with Gasteiger partial charge in [-0.2, -0.15) is 13.2 Å². The average molecular weight is 314 g/mol. The molecule has 0 radical (unpaired) electrons. The van der Waals surface area contributed by atoms with Gasteiger partial charge in [-0.25, -0.2) is 10.4 Å². The zero-order valence-corrected chi connectivity index (χ0v) is 11.9. The summed E-state index contributed by atoms with van der Waals surface area (Å²) in [5, 5.41) is 7.40. The van der Waals surface area contributed by atoms with Crippen molar-refractivity contribution in [2.24, 2.45) is 0 Å². The number of aromatic nitrogens is 1. The first kappa shape index (κ1) is 14.2. The highest BCUT2D eigenvalue weighted by molar-refractivity contribution is 7.13. The molecule has 0 aliphatic carbocycles. The topological polar surface area (TPSA) is 40.2 Å². The summed E-state index contributed by atoms with van der Waals surface area (Å²) < 4.78 is 38.6. The van der Waals surface area contributed by atoms with Crippen molar-refractivity contribution in [1.29, 1.82) is 0 Å². The molecule has 1 aromatic heterocycles. The van der Waals surface area contributed by atoms with Gasteiger partial charge in [-0.15, -0.1) is 11.3 Å². The summed E-state index contributed by atoms with van der Waals surface area (Å²) in [6, 6.07) is 3.79. The molecule has 4 nitrogen and oxygen atoms in total. The van der Waals surface area contributed by atoms with Gasteiger partial charge in [-0.3, -0.25) is 0 Å². The molecule has 1 aromatic carbocycles. The molecule has 1 aliphatic heterocycles. The van der Waals surface area contributed by atoms with Gasteiger partial charge in [0.05, 0.1) is 11.3 Å². The van der Waals surface area contributed by atoms with Gasteiger partial charge in [-0.05, 0) is 25.1 Å². The maximum absolute atomic E-state index is 12.9. The van der Waals surface area contributed by atoms with Crippen LogP contribution in [0, 0.1) is 0 Å². The van der Waals surface area contributed by atoms with E-state index in [9.17, 15) is 13.2 Å². The van der Waals surface area contributed by atoms with Crippen LogP contribution in [0.1, 0.15) is 24.2 Å². The van der Waals surface area contributed by atoms with E-state index < -0.39 is 17.9 Å². The first-order valence-electron chi connectivity index (χ1n) is 6.40. The van der Waals surface area contributed by atoms with Crippen molar-refractivity contribution in [2.45, 2.75) is 19.3 Å². The Morgan fingerprint density at radius 1 is 1.43 bits per heavy atom. The van der Waals surface area contributed by atoms with E-state index in [0.717, 1.165) is 11.8 Å². The molecule has 0 amide bonds. The van der Waals surface area contributed by atoms with E-state index in [0.29, 0.717) is 17.2 Å². The molecule has 0 bridgehead atoms. The number of benzene rings is 1. The number of rotatable bonds is 3. The van der Waals surface area contributed by atoms with Crippen molar-refractivity contribution in [2.75, 3.05) is 16.9 Å². The van der Waals surface area contributed by atoms with E-state index >= 15 is 0 Å². The van der Waals surface area contributed by atoms with E-state index in [4.69, 9.17) is 0 Å². The van der Waals surface area contributed by atoms with Crippen LogP contribution in [-0.2, 0) is 6.18 Å². The Morgan fingerprint density at radius 3 is 2.86 bits per heavy atom. The Morgan fingerprint density at radius 2 is 2.24 bits per heavy atom. The predicted molar refractivity (Wildman–Crippen MR) is 76.1 cm³/mol. The minimum absolute atomic E-state index is 0.423. The zero-order valence-electron chi connectivity index (χ0n) is 11.1. The van der Waals surface area contributed by atoms with Crippen molar-refractivity contribution in [1.82, 2.24) is 10.4 Å². The summed E-state index contributed by atoms with van der Waals surface area (Å²) in [6.45, 7) is 2.58. The number of nitrogens with one attached hydrogen (secondary N) is 2. The first-order valence-corrected chi connectivity index (χ1v) is 7.28. The van der Waals surface area contributed by atoms with Crippen LogP contribution >= 0.6 is 11.3 Å². The molecule has 1 atom stereocenters. The Balaban J connectivity index is 1.96. The molecule has 2 aromatic rings. The number of halogens is 3. The third kappa shape index (κ3) is 2.68. The quantitative estimate of drug-likeness (QED) is 0.908. The van der Waals surface area contributed by atoms with Crippen LogP contribution < -0.4 is 15.8 Å². The number of anilines is 2. The fourth-order valence-electron chi connectivity index (χ4n) is 2.29. The number of nitrogens with zero attached hydrogens (tertiary/aromatic N) is 2. The minimum Gasteiger partial charge on any atom is -0.341 e. The van der Waals surface area contributed by atoms with Crippen LogP contribution in [0.15, 0.2) is 29.8 Å². The normalized spacial score (nSPS) is 17.9. The largest absolute Gasteiger partial charge is 0.416 e. The standard InChI is InChI=1S/C13H13F3N4S/c1-2-20-10-4-3-8(13(14,15)16)7-9(10)11(19-20)18-12-17-5-6-21-12/h3-7,11,19H,2H2,1H3,(H,17,18). The Kier molecular flexibility index (Phi) is 3.50. The van der Waals surface area contributed by atoms with E-state index in [1.54, 1.807) is 6.20 Å². The van der Waals surface area contributed by atoms with Gasteiger partial charge in [0.15, 0.2) is 5.13 Å². The number of alkyl halides is 3. The fraction of sp³-hybridized carbons (Fsp3) is 0.308. The highest BCUT2D eigenvalue weighted by Gasteiger charge is 2.35. The van der Waals surface area contributed by atoms with Gasteiger partial charge in [0, 0.05) is 23.7 Å². The predicted octanol–water partition coefficient (Wildman–Crippen LogP) is 3.62. The van der Waals surface area contributed by atoms with Crippen LogP contribution in [0.4, 0.5) is 24.0 Å². The third-order valence-corrected chi connectivity index (χ3v) is 3.96. The van der Waals surface area contributed by atoms with E-state index in [1.165, 1.54) is 23.5 Å². The highest BCUT2D eigenvalue weighted by atomic mass is 32.1. The molecule has 3 rings (SSSR count). The first-order chi connectivity index (χ1) is 9.99. The number of hydrazine groups is 1. The van der Waals surface area contributed by atoms with Gasteiger partial charge in [0.25, 0.3) is 0 Å². The lowest BCUT2D eigenvalue weighted by molar-refractivity contribution is -0.137. The lowest BCUT2D eigenvalue weighted by atomic mass is 10.1. The highest BCUT2D eigenvalue weighted by Crippen LogP contribution is 2.38. The van der Waals surface area contributed by atoms with Crippen LogP contribution in [0.3, 0.4) is 0 Å². The SMILES string of the molecule is CCN1NC(Nc2nccs2)c2cc(C(F)(F)F)ccc21. The second kappa shape index (κ2) is 5.19. The average Bonchev–Trinajstić information content (AvgIpc) is 3.06. The third-order valence-electron chi connectivity index (χ3n) is 3.26. The molecule has 0 fully saturated rings. The van der Waals surface area contributed by atoms with Gasteiger partial charge in [0.1, 0.15) is 6.17 Å². The minimum atomic E-state index is -4.35. The summed E-state index contributed by atoms with van der Waals surface area (Å²) in [6.07, 6.45) is -3.12. The lowest BCUT2D eigenvalue weighted by Gasteiger charge is -2.18. The number of fused-ring (bicyclic) bond motifs is 1. The Hall–Kier alpha value is -1.80. The van der Waals surface area contributed by atoms with Gasteiger partial charge in [-0.1, -0.05) is 0 Å². The molecule has 8 heteroatoms. The van der Waals surface area contributed by atoms with Crippen molar-refractivity contribution in [3.8, 4) is 0 Å². The Labute approximate surface area is 123 Å². The van der Waals surface area contributed by atoms with E-state index in [2.05, 4.69) is 15.7 Å². The van der Waals surface area contributed by atoms with Gasteiger partial charge in [0.2, 0.25) is 0 Å². The second-order valence-electron chi connectivity index (χ2n) is 4.56. The molecule has 1 aliphatic rings. The molecule has 1 unspecified atom stereocenters. The summed E-state index contributed by atoms with van der Waals surface area (Å²) in [5.74, 6) is 0. The molecule has 2 heterocycles. The monoisotopic (exact) mass is 314 g/mol. The number of thiazole rings is 1. The Bertz CT molecular complexity index is 627. The number of hydrogen-bond donors (Lipinski definition) is 2. The van der Waals surface area contributed by atoms with E-state index in [1.807, 2.05) is 17.3 Å². The molecule has 0 saturated carbocycles. The molecule has 2 N–H and O–H groups in total. The summed E-state index contributed by atoms with van der Waals surface area (Å²) in [4.78, 5) is 4.10. The second-order valence-corrected chi connectivity index (χ2v) is 5.45. The van der Waals surface area contributed by atoms with Crippen LogP contribution in [-0.4, -0.2) is 11.5 Å². The fourth-order valence-corrected chi connectivity index (χ4v) is 2.85. The maximum atomic E-state index is 12.9. The summed E-state index contributed by atoms with van der Waals surface area (Å²) in [7, 11) is 0. The molecule has 21 heavy (non-hydrogen) atoms. The van der Waals surface area contributed by atoms with Crippen molar-refractivity contribution in [3.05, 3.63) is 40.9 Å². The van der Waals surface area contributed by atoms with Gasteiger partial charge < -0.3 is 10.3 Å². The van der Waals surface area contributed by atoms with Crippen molar-refractivity contribution < 1.29 is 13.2 Å². The molecule has 112 valence electrons. The molecular weight excluding hydrogens is 301 g/mol. The maximum Gasteiger partial charge on any atom is 0.416 e. The lowest BCUT2D eigenvalue weighted by Crippen LogP contribution is -2.36. The zero-order chi connectivity index (χ0) is 15.0. The van der Waals surface area contributed by atoms with E-state index in [-0.39, 0.29) is 0 Å². The van der Waals surface area contributed by atoms with Gasteiger partial charge >= 0.3 is 6.18 Å². The molecule has 0 saturated heterocycles. The van der Waals surface area contributed by atoms with Crippen LogP contribution in [0.25, 0.3) is 0 Å². The molecule has 0 spiro atoms. The smallest absolute Gasteiger partial charge is 0.341 e. The number of hydrogen-bond acceptors (Lipinski definition) is 5. The van der Waals surface area contributed by atoms with Crippen LogP contribution in [0.5, 0.6) is 0 Å². The summed E-state index contributed by atoms with van der Waals surface area (Å²) in [5.41, 5.74) is 3.82. The van der Waals surface area contributed by atoms with Crippen molar-refractivity contribution in [3.63, 3.8) is 0 Å². The molecular formula is C13H13F3N4S. The summed E-state index contributed by atoms with van der Waals surface area (Å²) >= 11 is 1.40. The van der Waals surface area contributed by atoms with Crippen molar-refractivity contribution >= 4 is 22.2 Å².